The van der Waals surface area contributed by atoms with Gasteiger partial charge in [0.2, 0.25) is 0 Å². The van der Waals surface area contributed by atoms with Crippen LogP contribution in [0.25, 0.3) is 0 Å². The van der Waals surface area contributed by atoms with Crippen molar-refractivity contribution in [3.8, 4) is 0 Å². The van der Waals surface area contributed by atoms with E-state index in [0.717, 1.165) is 5.56 Å². The van der Waals surface area contributed by atoms with Crippen LogP contribution in [0.4, 0.5) is 21.5 Å². The molecule has 0 bridgehead atoms. The first-order chi connectivity index (χ1) is 9.79. The van der Waals surface area contributed by atoms with Gasteiger partial charge in [-0.3, -0.25) is 10.1 Å². The van der Waals surface area contributed by atoms with Gasteiger partial charge >= 0.3 is 0 Å². The summed E-state index contributed by atoms with van der Waals surface area (Å²) in [6, 6.07) is 10.7. The van der Waals surface area contributed by atoms with Crippen LogP contribution in [0.1, 0.15) is 5.56 Å². The monoisotopic (exact) mass is 285 g/mol. The minimum atomic E-state index is -0.522. The number of nitro groups is 1. The number of nitrogens with one attached hydrogen (secondary N) is 1. The average molecular weight is 285 g/mol. The molecule has 8 heteroatoms. The Labute approximate surface area is 123 Å². The van der Waals surface area contributed by atoms with Crippen LogP contribution in [-0.2, 0) is 5.34 Å². The van der Waals surface area contributed by atoms with Crippen LogP contribution in [0.3, 0.4) is 0 Å². The van der Waals surface area contributed by atoms with Crippen molar-refractivity contribution in [1.29, 1.82) is 0 Å². The van der Waals surface area contributed by atoms with Crippen molar-refractivity contribution in [3.63, 3.8) is 0 Å². The Morgan fingerprint density at radius 3 is 2.38 bits per heavy atom. The summed E-state index contributed by atoms with van der Waals surface area (Å²) in [5.74, 6) is -0.308. The lowest BCUT2D eigenvalue weighted by Gasteiger charge is -2.28. The van der Waals surface area contributed by atoms with E-state index in [2.05, 4.69) is 5.32 Å². The van der Waals surface area contributed by atoms with Gasteiger partial charge in [-0.1, -0.05) is 12.1 Å². The standard InChI is InChI=1S/C13H14B2FN3O2/c14-13(15,8-1-3-9(16)4-2-8)18-10-5-6-11(17)12(7-10)19(20)21/h1-7,18H,14-15,17H2. The molecule has 106 valence electrons. The number of hydrogen-bond donors (Lipinski definition) is 2. The first kappa shape index (κ1) is 14.9. The van der Waals surface area contributed by atoms with Crippen LogP contribution in [0.5, 0.6) is 0 Å². The lowest BCUT2D eigenvalue weighted by atomic mass is 9.58. The maximum absolute atomic E-state index is 13.0. The smallest absolute Gasteiger partial charge is 0.294 e. The predicted molar refractivity (Wildman–Crippen MR) is 86.3 cm³/mol. The van der Waals surface area contributed by atoms with E-state index in [4.69, 9.17) is 5.73 Å². The van der Waals surface area contributed by atoms with Crippen molar-refractivity contribution in [1.82, 2.24) is 0 Å². The summed E-state index contributed by atoms with van der Waals surface area (Å²) >= 11 is 0. The number of benzene rings is 2. The molecule has 0 radical (unpaired) electrons. The minimum absolute atomic E-state index is 0.116. The molecule has 0 unspecified atom stereocenters. The van der Waals surface area contributed by atoms with Crippen LogP contribution in [-0.4, -0.2) is 20.6 Å². The van der Waals surface area contributed by atoms with Gasteiger partial charge in [-0.25, -0.2) is 4.39 Å². The van der Waals surface area contributed by atoms with E-state index in [-0.39, 0.29) is 17.2 Å². The van der Waals surface area contributed by atoms with Gasteiger partial charge in [-0.2, -0.15) is 0 Å². The molecule has 0 saturated carbocycles. The predicted octanol–water partition coefficient (Wildman–Crippen LogP) is 0.805. The highest BCUT2D eigenvalue weighted by Crippen LogP contribution is 2.28. The third kappa shape index (κ3) is 3.34. The van der Waals surface area contributed by atoms with Gasteiger partial charge in [0.05, 0.1) is 4.92 Å². The lowest BCUT2D eigenvalue weighted by molar-refractivity contribution is -0.383. The summed E-state index contributed by atoms with van der Waals surface area (Å²) in [6.07, 6.45) is 0. The zero-order valence-electron chi connectivity index (χ0n) is 11.8. The zero-order valence-corrected chi connectivity index (χ0v) is 11.8. The number of hydrogen-bond acceptors (Lipinski definition) is 4. The largest absolute Gasteiger partial charge is 0.393 e. The van der Waals surface area contributed by atoms with Crippen LogP contribution >= 0.6 is 0 Å². The highest BCUT2D eigenvalue weighted by Gasteiger charge is 2.21. The average Bonchev–Trinajstić information content (AvgIpc) is 2.41. The Hall–Kier alpha value is -2.50. The van der Waals surface area contributed by atoms with Crippen LogP contribution in [0.2, 0.25) is 0 Å². The van der Waals surface area contributed by atoms with Gasteiger partial charge in [0.1, 0.15) is 27.2 Å². The fourth-order valence-electron chi connectivity index (χ4n) is 2.08. The van der Waals surface area contributed by atoms with Crippen LogP contribution in [0, 0.1) is 15.9 Å². The van der Waals surface area contributed by atoms with E-state index in [1.165, 1.54) is 24.3 Å². The number of nitrogen functional groups attached to an aromatic ring is 1. The Bertz CT molecular complexity index is 678. The molecule has 0 aromatic heterocycles. The summed E-state index contributed by atoms with van der Waals surface area (Å²) in [5.41, 5.74) is 6.98. The van der Waals surface area contributed by atoms with E-state index >= 15 is 0 Å². The van der Waals surface area contributed by atoms with E-state index in [9.17, 15) is 14.5 Å². The van der Waals surface area contributed by atoms with Gasteiger partial charge < -0.3 is 11.1 Å². The molecule has 0 aliphatic carbocycles. The molecule has 2 rings (SSSR count). The molecular weight excluding hydrogens is 271 g/mol. The van der Waals surface area contributed by atoms with Crippen molar-refractivity contribution in [2.45, 2.75) is 5.34 Å². The van der Waals surface area contributed by atoms with E-state index < -0.39 is 10.3 Å². The summed E-state index contributed by atoms with van der Waals surface area (Å²) in [7, 11) is 3.81. The zero-order chi connectivity index (χ0) is 15.6. The van der Waals surface area contributed by atoms with Crippen molar-refractivity contribution >= 4 is 32.8 Å². The van der Waals surface area contributed by atoms with Gasteiger partial charge in [0.25, 0.3) is 5.69 Å². The molecule has 21 heavy (non-hydrogen) atoms. The molecule has 0 aliphatic rings. The first-order valence-corrected chi connectivity index (χ1v) is 6.38. The SMILES string of the molecule is BC(B)(Nc1ccc(N)c([N+](=O)[O-])c1)c1ccc(F)cc1. The lowest BCUT2D eigenvalue weighted by Crippen LogP contribution is -2.36. The third-order valence-electron chi connectivity index (χ3n) is 3.25. The number of nitrogens with two attached hydrogens (primary N) is 1. The second-order valence-corrected chi connectivity index (χ2v) is 5.29. The number of halogens is 1. The van der Waals surface area contributed by atoms with Crippen molar-refractivity contribution in [3.05, 3.63) is 64.0 Å². The summed E-state index contributed by atoms with van der Waals surface area (Å²) in [5, 5.41) is 13.6. The molecule has 2 aromatic rings. The molecule has 2 aromatic carbocycles. The van der Waals surface area contributed by atoms with E-state index in [1.54, 1.807) is 18.2 Å². The second-order valence-electron chi connectivity index (χ2n) is 5.29. The maximum atomic E-state index is 13.0. The second kappa shape index (κ2) is 5.47. The van der Waals surface area contributed by atoms with Gasteiger partial charge in [0, 0.05) is 11.8 Å². The number of anilines is 2. The molecule has 0 aliphatic heterocycles. The Kier molecular flexibility index (Phi) is 3.88. The quantitative estimate of drug-likeness (QED) is 0.377. The number of nitrogens with zero attached hydrogens (tertiary/aromatic N) is 1. The molecule has 0 fully saturated rings. The van der Waals surface area contributed by atoms with Gasteiger partial charge in [0.15, 0.2) is 0 Å². The topological polar surface area (TPSA) is 81.2 Å². The molecular formula is C13H14B2FN3O2. The number of nitro benzene ring substituents is 1. The molecule has 5 nitrogen and oxygen atoms in total. The molecule has 0 amide bonds. The summed E-state index contributed by atoms with van der Waals surface area (Å²) < 4.78 is 13.0. The Morgan fingerprint density at radius 2 is 1.81 bits per heavy atom. The molecule has 0 atom stereocenters. The maximum Gasteiger partial charge on any atom is 0.294 e. The summed E-state index contributed by atoms with van der Waals surface area (Å²) in [6.45, 7) is 0. The molecule has 0 heterocycles. The normalized spacial score (nSPS) is 11.1. The molecule has 0 saturated heterocycles. The highest BCUT2D eigenvalue weighted by atomic mass is 19.1. The van der Waals surface area contributed by atoms with Crippen molar-refractivity contribution < 1.29 is 9.31 Å². The van der Waals surface area contributed by atoms with Crippen LogP contribution in [0.15, 0.2) is 42.5 Å². The first-order valence-electron chi connectivity index (χ1n) is 6.38. The van der Waals surface area contributed by atoms with E-state index in [1.807, 2.05) is 15.7 Å². The van der Waals surface area contributed by atoms with Crippen molar-refractivity contribution in [2.24, 2.45) is 0 Å². The fourth-order valence-corrected chi connectivity index (χ4v) is 2.08. The molecule has 3 N–H and O–H groups in total. The Morgan fingerprint density at radius 1 is 1.19 bits per heavy atom. The Balaban J connectivity index is 2.30. The van der Waals surface area contributed by atoms with Gasteiger partial charge in [-0.15, -0.1) is 0 Å². The molecule has 0 spiro atoms. The van der Waals surface area contributed by atoms with Gasteiger partial charge in [-0.05, 0) is 35.2 Å². The minimum Gasteiger partial charge on any atom is -0.393 e. The summed E-state index contributed by atoms with van der Waals surface area (Å²) in [4.78, 5) is 10.4. The number of rotatable bonds is 4. The van der Waals surface area contributed by atoms with E-state index in [0.29, 0.717) is 5.69 Å². The van der Waals surface area contributed by atoms with Crippen LogP contribution < -0.4 is 11.1 Å². The van der Waals surface area contributed by atoms with Crippen molar-refractivity contribution in [2.75, 3.05) is 11.1 Å². The third-order valence-corrected chi connectivity index (χ3v) is 3.25. The highest BCUT2D eigenvalue weighted by molar-refractivity contribution is 6.41. The fraction of sp³-hybridized carbons (Fsp3) is 0.0769.